The molecule has 6 heteroatoms. The van der Waals surface area contributed by atoms with Gasteiger partial charge in [0.15, 0.2) is 0 Å². The summed E-state index contributed by atoms with van der Waals surface area (Å²) in [4.78, 5) is 24.0. The third-order valence-corrected chi connectivity index (χ3v) is 5.48. The van der Waals surface area contributed by atoms with Crippen LogP contribution in [0.25, 0.3) is 0 Å². The van der Waals surface area contributed by atoms with Gasteiger partial charge in [-0.3, -0.25) is 4.79 Å². The highest BCUT2D eigenvalue weighted by Gasteiger charge is 2.23. The lowest BCUT2D eigenvalue weighted by molar-refractivity contribution is -0.148. The Bertz CT molecular complexity index is 284. The number of carboxylic acid groups (broad SMARTS) is 1. The predicted molar refractivity (Wildman–Crippen MR) is 78.8 cm³/mol. The van der Waals surface area contributed by atoms with Crippen LogP contribution >= 0.6 is 21.6 Å². The maximum atomic E-state index is 11.9. The van der Waals surface area contributed by atoms with Crippen molar-refractivity contribution >= 4 is 33.5 Å². The van der Waals surface area contributed by atoms with E-state index in [0.29, 0.717) is 17.6 Å². The van der Waals surface area contributed by atoms with Crippen LogP contribution in [-0.2, 0) is 9.59 Å². The van der Waals surface area contributed by atoms with E-state index in [0.717, 1.165) is 6.42 Å². The molecule has 1 amide bonds. The van der Waals surface area contributed by atoms with Gasteiger partial charge in [-0.1, -0.05) is 35.4 Å². The maximum absolute atomic E-state index is 11.9. The van der Waals surface area contributed by atoms with Crippen molar-refractivity contribution in [3.05, 3.63) is 0 Å². The predicted octanol–water partition coefficient (Wildman–Crippen LogP) is 2.73. The van der Waals surface area contributed by atoms with Gasteiger partial charge in [-0.25, -0.2) is 4.79 Å². The molecule has 0 spiro atoms. The van der Waals surface area contributed by atoms with E-state index < -0.39 is 12.0 Å². The van der Waals surface area contributed by atoms with Crippen molar-refractivity contribution in [2.75, 3.05) is 13.3 Å². The van der Waals surface area contributed by atoms with Crippen molar-refractivity contribution in [1.82, 2.24) is 4.90 Å². The minimum Gasteiger partial charge on any atom is -0.480 e. The van der Waals surface area contributed by atoms with Gasteiger partial charge in [0, 0.05) is 18.7 Å². The van der Waals surface area contributed by atoms with Gasteiger partial charge in [-0.15, -0.1) is 0 Å². The number of carboxylic acids is 1. The van der Waals surface area contributed by atoms with Crippen LogP contribution in [0.15, 0.2) is 0 Å². The summed E-state index contributed by atoms with van der Waals surface area (Å²) in [6.07, 6.45) is 3.23. The normalized spacial score (nSPS) is 14.3. The lowest BCUT2D eigenvalue weighted by Gasteiger charge is -2.23. The number of hydrogen-bond donors (Lipinski definition) is 1. The molecule has 1 unspecified atom stereocenters. The van der Waals surface area contributed by atoms with Gasteiger partial charge in [-0.05, 0) is 25.5 Å². The van der Waals surface area contributed by atoms with Gasteiger partial charge in [0.05, 0.1) is 0 Å². The van der Waals surface area contributed by atoms with Gasteiger partial charge >= 0.3 is 5.97 Å². The SMILES string of the molecule is CSSC(CCC(=O)N(C)[C@@H](C)C(=O)O)C(C)C. The zero-order valence-corrected chi connectivity index (χ0v) is 13.3. The molecule has 0 aromatic rings. The number of amides is 1. The molecule has 0 radical (unpaired) electrons. The van der Waals surface area contributed by atoms with Gasteiger partial charge in [0.25, 0.3) is 0 Å². The summed E-state index contributed by atoms with van der Waals surface area (Å²) in [5, 5.41) is 9.28. The molecule has 0 saturated carbocycles. The summed E-state index contributed by atoms with van der Waals surface area (Å²) in [5.41, 5.74) is 0. The minimum atomic E-state index is -0.968. The van der Waals surface area contributed by atoms with E-state index in [1.165, 1.54) is 11.8 Å². The molecule has 0 aliphatic carbocycles. The van der Waals surface area contributed by atoms with Gasteiger partial charge in [-0.2, -0.15) is 0 Å². The molecule has 0 aliphatic rings. The highest BCUT2D eigenvalue weighted by atomic mass is 33.1. The topological polar surface area (TPSA) is 57.6 Å². The highest BCUT2D eigenvalue weighted by molar-refractivity contribution is 8.76. The molecule has 4 nitrogen and oxygen atoms in total. The molecule has 0 aromatic heterocycles. The Morgan fingerprint density at radius 3 is 2.22 bits per heavy atom. The lowest BCUT2D eigenvalue weighted by Crippen LogP contribution is -2.40. The van der Waals surface area contributed by atoms with Crippen molar-refractivity contribution in [3.63, 3.8) is 0 Å². The van der Waals surface area contributed by atoms with E-state index in [1.54, 1.807) is 28.6 Å². The van der Waals surface area contributed by atoms with E-state index in [2.05, 4.69) is 13.8 Å². The smallest absolute Gasteiger partial charge is 0.326 e. The Morgan fingerprint density at radius 1 is 1.28 bits per heavy atom. The number of carbonyl (C=O) groups excluding carboxylic acids is 1. The van der Waals surface area contributed by atoms with Crippen molar-refractivity contribution in [1.29, 1.82) is 0 Å². The molecule has 0 heterocycles. The molecule has 0 rings (SSSR count). The number of carbonyl (C=O) groups is 2. The number of likely N-dealkylation sites (N-methyl/N-ethyl adjacent to an activating group) is 1. The quantitative estimate of drug-likeness (QED) is 0.697. The monoisotopic (exact) mass is 293 g/mol. The lowest BCUT2D eigenvalue weighted by atomic mass is 10.1. The summed E-state index contributed by atoms with van der Waals surface area (Å²) in [7, 11) is 5.04. The largest absolute Gasteiger partial charge is 0.480 e. The van der Waals surface area contributed by atoms with Crippen LogP contribution in [0.4, 0.5) is 0 Å². The van der Waals surface area contributed by atoms with E-state index >= 15 is 0 Å². The molecule has 1 N–H and O–H groups in total. The molecule has 18 heavy (non-hydrogen) atoms. The fourth-order valence-corrected chi connectivity index (χ4v) is 3.82. The average Bonchev–Trinajstić information content (AvgIpc) is 2.31. The second kappa shape index (κ2) is 8.69. The van der Waals surface area contributed by atoms with Crippen LogP contribution in [-0.4, -0.2) is 46.5 Å². The van der Waals surface area contributed by atoms with E-state index in [-0.39, 0.29) is 5.91 Å². The van der Waals surface area contributed by atoms with Crippen molar-refractivity contribution in [2.24, 2.45) is 5.92 Å². The Morgan fingerprint density at radius 2 is 1.83 bits per heavy atom. The van der Waals surface area contributed by atoms with Crippen molar-refractivity contribution < 1.29 is 14.7 Å². The Labute approximate surface area is 117 Å². The molecule has 106 valence electrons. The number of hydrogen-bond acceptors (Lipinski definition) is 4. The van der Waals surface area contributed by atoms with E-state index in [4.69, 9.17) is 5.11 Å². The molecule has 0 fully saturated rings. The van der Waals surface area contributed by atoms with Crippen LogP contribution in [0.5, 0.6) is 0 Å². The molecule has 0 aromatic carbocycles. The number of nitrogens with zero attached hydrogens (tertiary/aromatic N) is 1. The summed E-state index contributed by atoms with van der Waals surface area (Å²) >= 11 is 0. The molecular weight excluding hydrogens is 270 g/mol. The average molecular weight is 293 g/mol. The first-order valence-corrected chi connectivity index (χ1v) is 8.61. The van der Waals surface area contributed by atoms with Gasteiger partial charge in [0.1, 0.15) is 6.04 Å². The van der Waals surface area contributed by atoms with Crippen molar-refractivity contribution in [2.45, 2.75) is 44.9 Å². The molecule has 2 atom stereocenters. The van der Waals surface area contributed by atoms with Gasteiger partial charge < -0.3 is 10.0 Å². The molecule has 0 aliphatic heterocycles. The Hall–Kier alpha value is -0.360. The summed E-state index contributed by atoms with van der Waals surface area (Å²) in [5.74, 6) is -0.556. The van der Waals surface area contributed by atoms with Crippen LogP contribution in [0.1, 0.15) is 33.6 Å². The Balaban J connectivity index is 4.27. The first-order valence-electron chi connectivity index (χ1n) is 5.99. The third-order valence-electron chi connectivity index (χ3n) is 2.94. The first kappa shape index (κ1) is 17.6. The fourth-order valence-electron chi connectivity index (χ4n) is 1.44. The standard InChI is InChI=1S/C12H23NO3S2/c1-8(2)10(18-17-5)6-7-11(14)13(4)9(3)12(15)16/h8-10H,6-7H2,1-5H3,(H,15,16)/t9-,10?/m0/s1. The first-order chi connectivity index (χ1) is 8.31. The number of aliphatic carboxylic acids is 1. The summed E-state index contributed by atoms with van der Waals surface area (Å²) in [6, 6.07) is -0.761. The second-order valence-corrected chi connectivity index (χ2v) is 7.31. The summed E-state index contributed by atoms with van der Waals surface area (Å²) in [6.45, 7) is 5.81. The third kappa shape index (κ3) is 6.00. The zero-order valence-electron chi connectivity index (χ0n) is 11.7. The maximum Gasteiger partial charge on any atom is 0.326 e. The van der Waals surface area contributed by atoms with Crippen LogP contribution in [0, 0.1) is 5.92 Å². The number of rotatable bonds is 8. The van der Waals surface area contributed by atoms with E-state index in [1.807, 2.05) is 6.26 Å². The van der Waals surface area contributed by atoms with Crippen LogP contribution in [0.3, 0.4) is 0 Å². The zero-order chi connectivity index (χ0) is 14.3. The van der Waals surface area contributed by atoms with Crippen LogP contribution in [0.2, 0.25) is 0 Å². The second-order valence-electron chi connectivity index (χ2n) is 4.60. The van der Waals surface area contributed by atoms with Crippen LogP contribution < -0.4 is 0 Å². The molecule has 0 bridgehead atoms. The minimum absolute atomic E-state index is 0.0998. The van der Waals surface area contributed by atoms with Crippen molar-refractivity contribution in [3.8, 4) is 0 Å². The molecule has 0 saturated heterocycles. The summed E-state index contributed by atoms with van der Waals surface area (Å²) < 4.78 is 0. The Kier molecular flexibility index (Phi) is 8.52. The fraction of sp³-hybridized carbons (Fsp3) is 0.833. The van der Waals surface area contributed by atoms with E-state index in [9.17, 15) is 9.59 Å². The van der Waals surface area contributed by atoms with Gasteiger partial charge in [0.2, 0.25) is 5.91 Å². The molecular formula is C12H23NO3S2. The highest BCUT2D eigenvalue weighted by Crippen LogP contribution is 2.32.